The Kier molecular flexibility index (Phi) is 6.49. The molecule has 0 spiro atoms. The molecule has 2 aromatic carbocycles. The molecular weight excluding hydrogens is 418 g/mol. The van der Waals surface area contributed by atoms with E-state index in [9.17, 15) is 16.8 Å². The van der Waals surface area contributed by atoms with E-state index in [-0.39, 0.29) is 16.4 Å². The minimum atomic E-state index is -3.74. The summed E-state index contributed by atoms with van der Waals surface area (Å²) in [6.45, 7) is 2.48. The average Bonchev–Trinajstić information content (AvgIpc) is 2.99. The van der Waals surface area contributed by atoms with Crippen LogP contribution in [0.2, 0.25) is 5.02 Å². The molecule has 28 heavy (non-hydrogen) atoms. The smallest absolute Gasteiger partial charge is 0.183 e. The molecule has 1 N–H and O–H groups in total. The summed E-state index contributed by atoms with van der Waals surface area (Å²) in [7, 11) is -7.15. The molecule has 8 heteroatoms. The van der Waals surface area contributed by atoms with Crippen LogP contribution in [-0.2, 0) is 32.5 Å². The number of aryl methyl sites for hydroxylation is 1. The molecule has 1 heterocycles. The second-order valence-corrected chi connectivity index (χ2v) is 11.9. The number of nitrogens with one attached hydrogen (secondary N) is 1. The van der Waals surface area contributed by atoms with Crippen molar-refractivity contribution in [3.05, 3.63) is 64.7 Å². The van der Waals surface area contributed by atoms with Crippen molar-refractivity contribution in [3.8, 4) is 0 Å². The topological polar surface area (TPSA) is 80.3 Å². The van der Waals surface area contributed by atoms with E-state index >= 15 is 0 Å². The zero-order valence-corrected chi connectivity index (χ0v) is 18.0. The lowest BCUT2D eigenvalue weighted by Gasteiger charge is -2.20. The molecule has 2 atom stereocenters. The lowest BCUT2D eigenvalue weighted by atomic mass is 10.1. The highest BCUT2D eigenvalue weighted by Gasteiger charge is 2.45. The molecule has 5 nitrogen and oxygen atoms in total. The maximum Gasteiger partial charge on any atom is 0.183 e. The summed E-state index contributed by atoms with van der Waals surface area (Å²) < 4.78 is 50.5. The fraction of sp³-hybridized carbons (Fsp3) is 0.400. The Morgan fingerprint density at radius 1 is 1.00 bits per heavy atom. The number of sulfone groups is 2. The predicted molar refractivity (Wildman–Crippen MR) is 112 cm³/mol. The van der Waals surface area contributed by atoms with Crippen molar-refractivity contribution in [2.75, 3.05) is 18.1 Å². The van der Waals surface area contributed by atoms with Crippen molar-refractivity contribution in [1.29, 1.82) is 0 Å². The van der Waals surface area contributed by atoms with Gasteiger partial charge in [0.15, 0.2) is 19.7 Å². The lowest BCUT2D eigenvalue weighted by molar-refractivity contribution is 0.528. The molecule has 0 radical (unpaired) electrons. The van der Waals surface area contributed by atoms with Crippen LogP contribution in [0.1, 0.15) is 18.1 Å². The Bertz CT molecular complexity index is 1020. The summed E-state index contributed by atoms with van der Waals surface area (Å²) >= 11 is 5.88. The third-order valence-electron chi connectivity index (χ3n) is 5.09. The predicted octanol–water partition coefficient (Wildman–Crippen LogP) is 2.67. The maximum atomic E-state index is 13.1. The minimum absolute atomic E-state index is 0.162. The fourth-order valence-corrected chi connectivity index (χ4v) is 8.30. The molecular formula is C20H24ClNO4S2. The molecule has 0 saturated carbocycles. The summed E-state index contributed by atoms with van der Waals surface area (Å²) in [4.78, 5) is 0.177. The average molecular weight is 442 g/mol. The molecule has 0 aromatic heterocycles. The van der Waals surface area contributed by atoms with Crippen molar-refractivity contribution < 1.29 is 16.8 Å². The summed E-state index contributed by atoms with van der Waals surface area (Å²) in [6.07, 6.45) is 1.47. The van der Waals surface area contributed by atoms with Gasteiger partial charge in [-0.15, -0.1) is 0 Å². The van der Waals surface area contributed by atoms with Crippen molar-refractivity contribution in [2.24, 2.45) is 0 Å². The van der Waals surface area contributed by atoms with Crippen LogP contribution in [-0.4, -0.2) is 46.2 Å². The van der Waals surface area contributed by atoms with Gasteiger partial charge < -0.3 is 5.32 Å². The van der Waals surface area contributed by atoms with Gasteiger partial charge in [0.1, 0.15) is 0 Å². The monoisotopic (exact) mass is 441 g/mol. The summed E-state index contributed by atoms with van der Waals surface area (Å²) in [5.74, 6) is -0.506. The Morgan fingerprint density at radius 3 is 2.21 bits per heavy atom. The summed E-state index contributed by atoms with van der Waals surface area (Å²) in [5.41, 5.74) is 2.09. The number of hydrogen-bond acceptors (Lipinski definition) is 5. The van der Waals surface area contributed by atoms with Gasteiger partial charge in [-0.3, -0.25) is 0 Å². The van der Waals surface area contributed by atoms with Gasteiger partial charge in [-0.2, -0.15) is 0 Å². The van der Waals surface area contributed by atoms with Gasteiger partial charge in [0.2, 0.25) is 0 Å². The van der Waals surface area contributed by atoms with Crippen molar-refractivity contribution >= 4 is 31.3 Å². The van der Waals surface area contributed by atoms with E-state index < -0.39 is 31.0 Å². The van der Waals surface area contributed by atoms with Gasteiger partial charge in [0, 0.05) is 11.1 Å². The number of benzene rings is 2. The first kappa shape index (κ1) is 21.3. The molecule has 1 fully saturated rings. The number of hydrogen-bond donors (Lipinski definition) is 1. The van der Waals surface area contributed by atoms with Gasteiger partial charge in [0.05, 0.1) is 21.7 Å². The van der Waals surface area contributed by atoms with Crippen LogP contribution in [0.25, 0.3) is 0 Å². The highest BCUT2D eigenvalue weighted by atomic mass is 35.5. The van der Waals surface area contributed by atoms with E-state index in [1.807, 2.05) is 19.1 Å². The van der Waals surface area contributed by atoms with Crippen LogP contribution in [0.5, 0.6) is 0 Å². The normalized spacial score (nSPS) is 21.6. The van der Waals surface area contributed by atoms with Gasteiger partial charge in [0.25, 0.3) is 0 Å². The molecule has 0 aliphatic carbocycles. The maximum absolute atomic E-state index is 13.1. The van der Waals surface area contributed by atoms with E-state index in [1.54, 1.807) is 36.4 Å². The molecule has 1 saturated heterocycles. The Labute approximate surface area is 172 Å². The summed E-state index contributed by atoms with van der Waals surface area (Å²) in [5, 5.41) is 2.83. The highest BCUT2D eigenvalue weighted by molar-refractivity contribution is 7.96. The van der Waals surface area contributed by atoms with Crippen LogP contribution in [0.15, 0.2) is 53.4 Å². The van der Waals surface area contributed by atoms with Crippen molar-refractivity contribution in [2.45, 2.75) is 36.0 Å². The standard InChI is InChI=1S/C20H24ClNO4S2/c1-2-15-5-9-18(10-6-15)28(25,26)20-14-27(23,24)13-19(20)22-12-11-16-3-7-17(21)8-4-16/h3-10,19-20,22H,2,11-14H2,1H3/t19-,20-/m0/s1. The zero-order chi connectivity index (χ0) is 20.4. The third-order valence-corrected chi connectivity index (χ3v) is 9.51. The molecule has 152 valence electrons. The Balaban J connectivity index is 1.74. The zero-order valence-electron chi connectivity index (χ0n) is 15.6. The SMILES string of the molecule is CCc1ccc(S(=O)(=O)[C@H]2CS(=O)(=O)C[C@@H]2NCCc2ccc(Cl)cc2)cc1. The third kappa shape index (κ3) is 4.95. The van der Waals surface area contributed by atoms with Crippen LogP contribution in [0.3, 0.4) is 0 Å². The summed E-state index contributed by atoms with van der Waals surface area (Å²) in [6, 6.07) is 13.5. The first-order valence-electron chi connectivity index (χ1n) is 9.22. The van der Waals surface area contributed by atoms with Crippen LogP contribution < -0.4 is 5.32 Å². The molecule has 1 aliphatic rings. The number of halogens is 1. The van der Waals surface area contributed by atoms with Crippen LogP contribution >= 0.6 is 11.6 Å². The van der Waals surface area contributed by atoms with E-state index in [1.165, 1.54) is 0 Å². The second-order valence-electron chi connectivity index (χ2n) is 7.09. The molecule has 3 rings (SSSR count). The fourth-order valence-electron chi connectivity index (χ4n) is 3.45. The van der Waals surface area contributed by atoms with Gasteiger partial charge in [-0.25, -0.2) is 16.8 Å². The first-order chi connectivity index (χ1) is 13.2. The second kappa shape index (κ2) is 8.53. The molecule has 1 aliphatic heterocycles. The van der Waals surface area contributed by atoms with Gasteiger partial charge in [-0.05, 0) is 54.8 Å². The van der Waals surface area contributed by atoms with E-state index in [4.69, 9.17) is 11.6 Å². The van der Waals surface area contributed by atoms with E-state index in [0.717, 1.165) is 17.5 Å². The Hall–Kier alpha value is -1.41. The van der Waals surface area contributed by atoms with Gasteiger partial charge in [-0.1, -0.05) is 42.8 Å². The minimum Gasteiger partial charge on any atom is -0.311 e. The first-order valence-corrected chi connectivity index (χ1v) is 13.0. The molecule has 0 bridgehead atoms. The lowest BCUT2D eigenvalue weighted by Crippen LogP contribution is -2.44. The van der Waals surface area contributed by atoms with Crippen molar-refractivity contribution in [3.63, 3.8) is 0 Å². The van der Waals surface area contributed by atoms with E-state index in [0.29, 0.717) is 18.0 Å². The molecule has 2 aromatic rings. The molecule has 0 amide bonds. The highest BCUT2D eigenvalue weighted by Crippen LogP contribution is 2.26. The van der Waals surface area contributed by atoms with E-state index in [2.05, 4.69) is 5.32 Å². The molecule has 0 unspecified atom stereocenters. The van der Waals surface area contributed by atoms with Crippen LogP contribution in [0, 0.1) is 0 Å². The quantitative estimate of drug-likeness (QED) is 0.714. The largest absolute Gasteiger partial charge is 0.311 e. The Morgan fingerprint density at radius 2 is 1.61 bits per heavy atom. The van der Waals surface area contributed by atoms with Crippen LogP contribution in [0.4, 0.5) is 0 Å². The van der Waals surface area contributed by atoms with Gasteiger partial charge >= 0.3 is 0 Å². The van der Waals surface area contributed by atoms with Crippen molar-refractivity contribution in [1.82, 2.24) is 5.32 Å². The number of rotatable bonds is 7.